The van der Waals surface area contributed by atoms with Crippen LogP contribution in [-0.4, -0.2) is 5.84 Å². The van der Waals surface area contributed by atoms with Crippen molar-refractivity contribution >= 4 is 65.9 Å². The maximum Gasteiger partial charge on any atom is 0.136 e. The minimum atomic E-state index is -0.303. The summed E-state index contributed by atoms with van der Waals surface area (Å²) in [5.41, 5.74) is 9.32. The van der Waals surface area contributed by atoms with E-state index in [1.807, 2.05) is 30.3 Å². The Bertz CT molecular complexity index is 2950. The third-order valence-electron chi connectivity index (χ3n) is 10.6. The van der Waals surface area contributed by atoms with Crippen LogP contribution in [0.1, 0.15) is 45.9 Å². The molecule has 0 fully saturated rings. The average Bonchev–Trinajstić information content (AvgIpc) is 3.79. The van der Waals surface area contributed by atoms with E-state index >= 15 is 0 Å². The van der Waals surface area contributed by atoms with Crippen LogP contribution in [0.4, 0.5) is 0 Å². The second-order valence-electron chi connectivity index (χ2n) is 13.6. The second-order valence-corrected chi connectivity index (χ2v) is 13.6. The molecule has 7 aromatic carbocycles. The summed E-state index contributed by atoms with van der Waals surface area (Å²) in [7, 11) is 0. The van der Waals surface area contributed by atoms with Crippen LogP contribution in [0.3, 0.4) is 0 Å². The molecule has 0 aliphatic carbocycles. The molecule has 2 aliphatic heterocycles. The van der Waals surface area contributed by atoms with Gasteiger partial charge >= 0.3 is 0 Å². The molecule has 52 heavy (non-hydrogen) atoms. The zero-order valence-electron chi connectivity index (χ0n) is 28.1. The molecule has 0 saturated carbocycles. The van der Waals surface area contributed by atoms with E-state index in [9.17, 15) is 0 Å². The standard InChI is InChI=1S/C46H32N4O2/c1-2-11-28-24-29(21-20-27(28)10-1)44-48-45(50-46(49-44)36-16-9-19-40-42(36)34-14-5-7-17-38(34)51-40)33-23-22-32(30-12-3-4-13-31(30)33)37-25-47-26-41-43(37)35-15-6-8-18-39(35)52-41/h1-25,44-45,47-48H,26H2,(H,49,50). The first-order chi connectivity index (χ1) is 25.8. The summed E-state index contributed by atoms with van der Waals surface area (Å²) in [6.45, 7) is 0.663. The molecular weight excluding hydrogens is 641 g/mol. The third-order valence-corrected chi connectivity index (χ3v) is 10.6. The first-order valence-electron chi connectivity index (χ1n) is 17.7. The summed E-state index contributed by atoms with van der Waals surface area (Å²) < 4.78 is 12.6. The summed E-state index contributed by atoms with van der Waals surface area (Å²) in [5.74, 6) is 1.78. The van der Waals surface area contributed by atoms with Gasteiger partial charge in [-0.05, 0) is 62.5 Å². The van der Waals surface area contributed by atoms with Gasteiger partial charge in [-0.3, -0.25) is 5.32 Å². The minimum Gasteiger partial charge on any atom is -0.459 e. The van der Waals surface area contributed by atoms with Crippen molar-refractivity contribution < 1.29 is 8.83 Å². The maximum absolute atomic E-state index is 6.32. The van der Waals surface area contributed by atoms with Crippen molar-refractivity contribution in [2.45, 2.75) is 18.9 Å². The van der Waals surface area contributed by atoms with Gasteiger partial charge in [0.25, 0.3) is 0 Å². The lowest BCUT2D eigenvalue weighted by Crippen LogP contribution is -2.45. The largest absolute Gasteiger partial charge is 0.459 e. The fourth-order valence-electron chi connectivity index (χ4n) is 8.23. The van der Waals surface area contributed by atoms with Gasteiger partial charge in [0, 0.05) is 39.1 Å². The number of para-hydroxylation sites is 2. The number of nitrogens with zero attached hydrogens (tertiary/aromatic N) is 1. The lowest BCUT2D eigenvalue weighted by atomic mass is 9.88. The minimum absolute atomic E-state index is 0.250. The number of fused-ring (bicyclic) bond motifs is 8. The molecule has 9 aromatic rings. The van der Waals surface area contributed by atoms with Crippen molar-refractivity contribution in [1.82, 2.24) is 16.0 Å². The van der Waals surface area contributed by atoms with E-state index in [0.717, 1.165) is 83.3 Å². The smallest absolute Gasteiger partial charge is 0.136 e. The number of furan rings is 2. The quantitative estimate of drug-likeness (QED) is 0.174. The van der Waals surface area contributed by atoms with E-state index in [1.54, 1.807) is 0 Å². The molecule has 0 bridgehead atoms. The van der Waals surface area contributed by atoms with Crippen LogP contribution in [0.5, 0.6) is 0 Å². The fraction of sp³-hybridized carbons (Fsp3) is 0.0652. The fourth-order valence-corrected chi connectivity index (χ4v) is 8.23. The Morgan fingerprint density at radius 1 is 0.577 bits per heavy atom. The SMILES string of the molecule is C1=C(c2ccc(C3NC(c4cccc5oc6ccccc6c45)=NC(c4ccc5ccccc5c4)N3)c3ccccc23)c2c(oc3ccccc23)CN1. The summed E-state index contributed by atoms with van der Waals surface area (Å²) in [6, 6.07) is 51.1. The van der Waals surface area contributed by atoms with E-state index in [1.165, 1.54) is 16.2 Å². The number of amidine groups is 1. The molecule has 3 N–H and O–H groups in total. The predicted molar refractivity (Wildman–Crippen MR) is 210 cm³/mol. The lowest BCUT2D eigenvalue weighted by Gasteiger charge is -2.33. The van der Waals surface area contributed by atoms with Crippen molar-refractivity contribution in [2.24, 2.45) is 4.99 Å². The molecule has 248 valence electrons. The predicted octanol–water partition coefficient (Wildman–Crippen LogP) is 10.5. The Balaban J connectivity index is 1.08. The van der Waals surface area contributed by atoms with Gasteiger partial charge < -0.3 is 19.5 Å². The molecule has 0 spiro atoms. The van der Waals surface area contributed by atoms with Crippen LogP contribution in [0, 0.1) is 0 Å². The summed E-state index contributed by atoms with van der Waals surface area (Å²) in [6.07, 6.45) is 1.59. The van der Waals surface area contributed by atoms with Crippen LogP contribution in [0.25, 0.3) is 60.0 Å². The number of aliphatic imine (C=N–C) groups is 1. The molecule has 4 heterocycles. The highest BCUT2D eigenvalue weighted by atomic mass is 16.3. The van der Waals surface area contributed by atoms with Gasteiger partial charge in [-0.15, -0.1) is 0 Å². The number of hydrogen-bond acceptors (Lipinski definition) is 6. The Morgan fingerprint density at radius 2 is 1.31 bits per heavy atom. The molecule has 2 aromatic heterocycles. The van der Waals surface area contributed by atoms with Crippen LogP contribution < -0.4 is 16.0 Å². The summed E-state index contributed by atoms with van der Waals surface area (Å²) in [5, 5.41) is 19.2. The van der Waals surface area contributed by atoms with Crippen LogP contribution in [0.2, 0.25) is 0 Å². The lowest BCUT2D eigenvalue weighted by molar-refractivity contribution is 0.411. The normalized spacial score (nSPS) is 17.2. The van der Waals surface area contributed by atoms with E-state index in [-0.39, 0.29) is 12.3 Å². The maximum atomic E-state index is 6.32. The average molecular weight is 673 g/mol. The van der Waals surface area contributed by atoms with Crippen molar-refractivity contribution in [3.05, 3.63) is 185 Å². The van der Waals surface area contributed by atoms with Crippen molar-refractivity contribution in [2.75, 3.05) is 0 Å². The Labute approximate surface area is 299 Å². The Kier molecular flexibility index (Phi) is 6.42. The Morgan fingerprint density at radius 3 is 2.19 bits per heavy atom. The molecule has 0 radical (unpaired) electrons. The van der Waals surface area contributed by atoms with E-state index in [0.29, 0.717) is 6.54 Å². The van der Waals surface area contributed by atoms with Crippen molar-refractivity contribution in [3.8, 4) is 0 Å². The van der Waals surface area contributed by atoms with Crippen LogP contribution in [0.15, 0.2) is 166 Å². The molecule has 0 saturated heterocycles. The molecule has 6 heteroatoms. The molecule has 6 nitrogen and oxygen atoms in total. The number of hydrogen-bond donors (Lipinski definition) is 3. The monoisotopic (exact) mass is 672 g/mol. The molecule has 2 atom stereocenters. The Hall–Kier alpha value is -6.63. The van der Waals surface area contributed by atoms with Crippen LogP contribution in [-0.2, 0) is 6.54 Å². The molecule has 0 amide bonds. The molecule has 11 rings (SSSR count). The zero-order valence-corrected chi connectivity index (χ0v) is 28.1. The summed E-state index contributed by atoms with van der Waals surface area (Å²) >= 11 is 0. The first kappa shape index (κ1) is 29.1. The highest BCUT2D eigenvalue weighted by molar-refractivity contribution is 6.18. The van der Waals surface area contributed by atoms with Gasteiger partial charge in [-0.1, -0.05) is 121 Å². The summed E-state index contributed by atoms with van der Waals surface area (Å²) in [4.78, 5) is 5.39. The van der Waals surface area contributed by atoms with E-state index in [4.69, 9.17) is 13.8 Å². The highest BCUT2D eigenvalue weighted by Gasteiger charge is 2.30. The van der Waals surface area contributed by atoms with Crippen molar-refractivity contribution in [1.29, 1.82) is 0 Å². The van der Waals surface area contributed by atoms with Gasteiger partial charge in [-0.2, -0.15) is 0 Å². The van der Waals surface area contributed by atoms with Crippen molar-refractivity contribution in [3.63, 3.8) is 0 Å². The van der Waals surface area contributed by atoms with E-state index < -0.39 is 0 Å². The van der Waals surface area contributed by atoms with Gasteiger partial charge in [0.1, 0.15) is 40.7 Å². The van der Waals surface area contributed by atoms with Gasteiger partial charge in [0.05, 0.1) is 6.54 Å². The number of rotatable bonds is 4. The van der Waals surface area contributed by atoms with Crippen LogP contribution >= 0.6 is 0 Å². The van der Waals surface area contributed by atoms with Gasteiger partial charge in [-0.25, -0.2) is 4.99 Å². The topological polar surface area (TPSA) is 74.7 Å². The first-order valence-corrected chi connectivity index (χ1v) is 17.7. The van der Waals surface area contributed by atoms with E-state index in [2.05, 4.69) is 137 Å². The second kappa shape index (κ2) is 11.5. The molecular formula is C46H32N4O2. The molecule has 2 unspecified atom stereocenters. The zero-order chi connectivity index (χ0) is 34.2. The highest BCUT2D eigenvalue weighted by Crippen LogP contribution is 2.41. The third kappa shape index (κ3) is 4.51. The number of benzene rings is 7. The van der Waals surface area contributed by atoms with Gasteiger partial charge in [0.15, 0.2) is 0 Å². The number of nitrogens with one attached hydrogen (secondary N) is 3. The van der Waals surface area contributed by atoms with Gasteiger partial charge in [0.2, 0.25) is 0 Å². The molecule has 2 aliphatic rings.